The molecular formula is C12H13NOS2. The second-order valence-electron chi connectivity index (χ2n) is 3.65. The summed E-state index contributed by atoms with van der Waals surface area (Å²) in [5.41, 5.74) is 1.09. The lowest BCUT2D eigenvalue weighted by Crippen LogP contribution is -1.98. The Morgan fingerprint density at radius 2 is 2.25 bits per heavy atom. The first-order valence-corrected chi connectivity index (χ1v) is 6.86. The number of nitrogens with zero attached hydrogens (tertiary/aromatic N) is 1. The Bertz CT molecular complexity index is 466. The Balaban J connectivity index is 1.95. The maximum absolute atomic E-state index is 11.8. The van der Waals surface area contributed by atoms with Crippen molar-refractivity contribution in [2.24, 2.45) is 0 Å². The number of rotatable bonds is 4. The van der Waals surface area contributed by atoms with Crippen molar-refractivity contribution in [3.63, 3.8) is 0 Å². The Morgan fingerprint density at radius 3 is 2.81 bits per heavy atom. The number of ketones is 1. The summed E-state index contributed by atoms with van der Waals surface area (Å²) >= 11 is 3.20. The molecule has 84 valence electrons. The molecule has 0 atom stereocenters. The topological polar surface area (TPSA) is 30.0 Å². The van der Waals surface area contributed by atoms with E-state index in [1.165, 1.54) is 16.2 Å². The lowest BCUT2D eigenvalue weighted by Gasteiger charge is -1.94. The van der Waals surface area contributed by atoms with Crippen molar-refractivity contribution in [2.45, 2.75) is 26.7 Å². The molecule has 0 spiro atoms. The molecule has 0 radical (unpaired) electrons. The highest BCUT2D eigenvalue weighted by Crippen LogP contribution is 2.19. The van der Waals surface area contributed by atoms with E-state index < -0.39 is 0 Å². The number of hydrogen-bond donors (Lipinski definition) is 0. The predicted molar refractivity (Wildman–Crippen MR) is 68.6 cm³/mol. The molecule has 0 aromatic carbocycles. The minimum atomic E-state index is 0.223. The van der Waals surface area contributed by atoms with Crippen molar-refractivity contribution < 1.29 is 4.79 Å². The first-order chi connectivity index (χ1) is 7.66. The van der Waals surface area contributed by atoms with Gasteiger partial charge in [0.05, 0.1) is 15.6 Å². The zero-order valence-electron chi connectivity index (χ0n) is 9.32. The van der Waals surface area contributed by atoms with Gasteiger partial charge in [0, 0.05) is 17.7 Å². The van der Waals surface area contributed by atoms with Crippen LogP contribution in [0.5, 0.6) is 0 Å². The van der Waals surface area contributed by atoms with Crippen molar-refractivity contribution in [3.05, 3.63) is 38.0 Å². The van der Waals surface area contributed by atoms with E-state index in [1.54, 1.807) is 11.3 Å². The highest BCUT2D eigenvalue weighted by Gasteiger charge is 2.09. The van der Waals surface area contributed by atoms with E-state index in [0.29, 0.717) is 6.42 Å². The fourth-order valence-corrected chi connectivity index (χ4v) is 3.05. The molecule has 4 heteroatoms. The molecule has 0 saturated heterocycles. The van der Waals surface area contributed by atoms with Crippen molar-refractivity contribution in [1.82, 2.24) is 4.98 Å². The fraction of sp³-hybridized carbons (Fsp3) is 0.333. The van der Waals surface area contributed by atoms with Gasteiger partial charge in [-0.3, -0.25) is 4.79 Å². The standard InChI is InChI=1S/C12H13NOS2/c1-8-9(2)16-12(13-8)6-5-10(14)11-4-3-7-15-11/h3-4,7H,5-6H2,1-2H3. The highest BCUT2D eigenvalue weighted by molar-refractivity contribution is 7.12. The predicted octanol–water partition coefficient (Wildman–Crippen LogP) is 3.64. The zero-order valence-corrected chi connectivity index (χ0v) is 11.0. The molecule has 2 heterocycles. The maximum atomic E-state index is 11.8. The molecule has 2 rings (SSSR count). The second-order valence-corrected chi connectivity index (χ2v) is 5.89. The van der Waals surface area contributed by atoms with Crippen molar-refractivity contribution in [3.8, 4) is 0 Å². The number of aryl methyl sites for hydroxylation is 3. The molecule has 0 aliphatic heterocycles. The van der Waals surface area contributed by atoms with Crippen molar-refractivity contribution in [2.75, 3.05) is 0 Å². The first kappa shape index (κ1) is 11.5. The third-order valence-electron chi connectivity index (χ3n) is 2.43. The number of thiazole rings is 1. The van der Waals surface area contributed by atoms with E-state index in [0.717, 1.165) is 22.0 Å². The Morgan fingerprint density at radius 1 is 1.44 bits per heavy atom. The summed E-state index contributed by atoms with van der Waals surface area (Å²) in [6.07, 6.45) is 1.32. The molecule has 0 aliphatic rings. The van der Waals surface area contributed by atoms with E-state index in [9.17, 15) is 4.79 Å². The Labute approximate surface area is 103 Å². The lowest BCUT2D eigenvalue weighted by atomic mass is 10.2. The maximum Gasteiger partial charge on any atom is 0.173 e. The molecule has 0 fully saturated rings. The summed E-state index contributed by atoms with van der Waals surface area (Å²) in [7, 11) is 0. The summed E-state index contributed by atoms with van der Waals surface area (Å²) in [4.78, 5) is 18.3. The minimum absolute atomic E-state index is 0.223. The van der Waals surface area contributed by atoms with Crippen LogP contribution in [-0.2, 0) is 6.42 Å². The molecule has 0 saturated carbocycles. The number of carbonyl (C=O) groups is 1. The molecule has 0 N–H and O–H groups in total. The molecule has 2 aromatic heterocycles. The third-order valence-corrected chi connectivity index (χ3v) is 4.48. The minimum Gasteiger partial charge on any atom is -0.293 e. The summed E-state index contributed by atoms with van der Waals surface area (Å²) < 4.78 is 0. The van der Waals surface area contributed by atoms with Crippen LogP contribution in [0.25, 0.3) is 0 Å². The monoisotopic (exact) mass is 251 g/mol. The van der Waals surface area contributed by atoms with Crippen molar-refractivity contribution >= 4 is 28.5 Å². The number of aromatic nitrogens is 1. The number of hydrogen-bond acceptors (Lipinski definition) is 4. The SMILES string of the molecule is Cc1nc(CCC(=O)c2cccs2)sc1C. The summed E-state index contributed by atoms with van der Waals surface area (Å²) in [5.74, 6) is 0.223. The van der Waals surface area contributed by atoms with Gasteiger partial charge >= 0.3 is 0 Å². The summed E-state index contributed by atoms with van der Waals surface area (Å²) in [6, 6.07) is 3.79. The largest absolute Gasteiger partial charge is 0.293 e. The van der Waals surface area contributed by atoms with E-state index in [4.69, 9.17) is 0 Å². The van der Waals surface area contributed by atoms with Gasteiger partial charge in [0.25, 0.3) is 0 Å². The smallest absolute Gasteiger partial charge is 0.173 e. The van der Waals surface area contributed by atoms with Crippen LogP contribution in [0, 0.1) is 13.8 Å². The molecule has 0 amide bonds. The van der Waals surface area contributed by atoms with Crippen LogP contribution in [0.15, 0.2) is 17.5 Å². The highest BCUT2D eigenvalue weighted by atomic mass is 32.1. The van der Waals surface area contributed by atoms with Crippen LogP contribution in [0.4, 0.5) is 0 Å². The average molecular weight is 251 g/mol. The first-order valence-electron chi connectivity index (χ1n) is 5.16. The Hall–Kier alpha value is -1.00. The molecule has 0 bridgehead atoms. The van der Waals surface area contributed by atoms with Crippen molar-refractivity contribution in [1.29, 1.82) is 0 Å². The van der Waals surface area contributed by atoms with Gasteiger partial charge in [0.15, 0.2) is 5.78 Å². The normalized spacial score (nSPS) is 10.6. The van der Waals surface area contributed by atoms with Crippen LogP contribution >= 0.6 is 22.7 Å². The van der Waals surface area contributed by atoms with Gasteiger partial charge in [-0.25, -0.2) is 4.98 Å². The average Bonchev–Trinajstić information content (AvgIpc) is 2.86. The molecule has 16 heavy (non-hydrogen) atoms. The molecule has 2 nitrogen and oxygen atoms in total. The molecule has 0 unspecified atom stereocenters. The molecular weight excluding hydrogens is 238 g/mol. The quantitative estimate of drug-likeness (QED) is 0.777. The van der Waals surface area contributed by atoms with Gasteiger partial charge in [0.2, 0.25) is 0 Å². The van der Waals surface area contributed by atoms with E-state index in [1.807, 2.05) is 24.4 Å². The van der Waals surface area contributed by atoms with Gasteiger partial charge in [-0.1, -0.05) is 6.07 Å². The van der Waals surface area contributed by atoms with Gasteiger partial charge in [-0.2, -0.15) is 0 Å². The molecule has 0 aliphatic carbocycles. The molecule has 2 aromatic rings. The van der Waals surface area contributed by atoms with Gasteiger partial charge in [0.1, 0.15) is 0 Å². The van der Waals surface area contributed by atoms with Gasteiger partial charge < -0.3 is 0 Å². The second kappa shape index (κ2) is 4.89. The Kier molecular flexibility index (Phi) is 3.51. The van der Waals surface area contributed by atoms with Crippen LogP contribution in [0.2, 0.25) is 0 Å². The van der Waals surface area contributed by atoms with E-state index in [-0.39, 0.29) is 5.78 Å². The summed E-state index contributed by atoms with van der Waals surface area (Å²) in [6.45, 7) is 4.08. The fourth-order valence-electron chi connectivity index (χ4n) is 1.43. The van der Waals surface area contributed by atoms with E-state index in [2.05, 4.69) is 11.9 Å². The lowest BCUT2D eigenvalue weighted by molar-refractivity contribution is 0.0986. The van der Waals surface area contributed by atoms with E-state index >= 15 is 0 Å². The van der Waals surface area contributed by atoms with Crippen LogP contribution in [0.3, 0.4) is 0 Å². The number of Topliss-reactive ketones (excluding diaryl/α,β-unsaturated/α-hetero) is 1. The van der Waals surface area contributed by atoms with Crippen LogP contribution in [0.1, 0.15) is 31.7 Å². The van der Waals surface area contributed by atoms with Crippen LogP contribution in [-0.4, -0.2) is 10.8 Å². The number of carbonyl (C=O) groups excluding carboxylic acids is 1. The zero-order chi connectivity index (χ0) is 11.5. The summed E-state index contributed by atoms with van der Waals surface area (Å²) in [5, 5.41) is 3.00. The van der Waals surface area contributed by atoms with Gasteiger partial charge in [-0.05, 0) is 25.3 Å². The van der Waals surface area contributed by atoms with Gasteiger partial charge in [-0.15, -0.1) is 22.7 Å². The number of thiophene rings is 1. The van der Waals surface area contributed by atoms with Crippen LogP contribution < -0.4 is 0 Å². The third kappa shape index (κ3) is 2.57.